The first-order chi connectivity index (χ1) is 10.2. The maximum Gasteiger partial charge on any atom is 0.339 e. The third-order valence-corrected chi connectivity index (χ3v) is 4.17. The number of ether oxygens (including phenoxy) is 1. The molecule has 21 heavy (non-hydrogen) atoms. The molecule has 3 rings (SSSR count). The van der Waals surface area contributed by atoms with Crippen LogP contribution in [0.25, 0.3) is 0 Å². The third kappa shape index (κ3) is 3.67. The molecule has 0 radical (unpaired) electrons. The van der Waals surface area contributed by atoms with Crippen molar-refractivity contribution in [3.8, 4) is 0 Å². The zero-order chi connectivity index (χ0) is 14.7. The lowest BCUT2D eigenvalue weighted by molar-refractivity contribution is -0.186. The first-order valence-corrected chi connectivity index (χ1v) is 7.67. The summed E-state index contributed by atoms with van der Waals surface area (Å²) in [5, 5.41) is 3.66. The maximum atomic E-state index is 12.0. The monoisotopic (exact) mass is 310 g/mol. The van der Waals surface area contributed by atoms with Crippen molar-refractivity contribution in [1.82, 2.24) is 10.8 Å². The summed E-state index contributed by atoms with van der Waals surface area (Å²) in [5.41, 5.74) is 3.21. The topological polar surface area (TPSA) is 59.6 Å². The van der Waals surface area contributed by atoms with Crippen LogP contribution in [0.1, 0.15) is 37.7 Å². The summed E-state index contributed by atoms with van der Waals surface area (Å²) < 4.78 is 5.39. The molecule has 1 aliphatic heterocycles. The summed E-state index contributed by atoms with van der Waals surface area (Å²) in [6, 6.07) is 7.23. The Balaban J connectivity index is 1.51. The molecule has 2 amide bonds. The average molecular weight is 311 g/mol. The highest BCUT2D eigenvalue weighted by Crippen LogP contribution is 2.45. The van der Waals surface area contributed by atoms with Gasteiger partial charge in [-0.25, -0.2) is 15.1 Å². The number of hydroxylamine groups is 1. The molecule has 2 fully saturated rings. The lowest BCUT2D eigenvalue weighted by atomic mass is 10.1. The van der Waals surface area contributed by atoms with Crippen LogP contribution in [0.4, 0.5) is 4.79 Å². The van der Waals surface area contributed by atoms with Gasteiger partial charge in [0.2, 0.25) is 0 Å². The van der Waals surface area contributed by atoms with E-state index in [0.717, 1.165) is 37.7 Å². The lowest BCUT2D eigenvalue weighted by Gasteiger charge is -2.23. The number of rotatable bonds is 4. The number of urea groups is 1. The molecule has 1 atom stereocenters. The Hall–Kier alpha value is -1.30. The fraction of sp³-hybridized carbons (Fsp3) is 0.533. The number of nitrogens with one attached hydrogen (secondary N) is 2. The summed E-state index contributed by atoms with van der Waals surface area (Å²) in [6.45, 7) is 0.683. The molecule has 6 heteroatoms. The van der Waals surface area contributed by atoms with E-state index in [-0.39, 0.29) is 17.9 Å². The van der Waals surface area contributed by atoms with Crippen molar-refractivity contribution in [2.75, 3.05) is 6.61 Å². The van der Waals surface area contributed by atoms with E-state index in [0.29, 0.717) is 11.6 Å². The summed E-state index contributed by atoms with van der Waals surface area (Å²) in [5.74, 6) is 0. The molecule has 114 valence electrons. The number of halogens is 1. The van der Waals surface area contributed by atoms with E-state index in [1.165, 1.54) is 0 Å². The highest BCUT2D eigenvalue weighted by molar-refractivity contribution is 6.30. The van der Waals surface area contributed by atoms with Gasteiger partial charge in [0.05, 0.1) is 5.54 Å². The molecule has 2 aliphatic rings. The number of amides is 2. The van der Waals surface area contributed by atoms with Crippen LogP contribution in [-0.2, 0) is 15.1 Å². The van der Waals surface area contributed by atoms with Gasteiger partial charge < -0.3 is 10.1 Å². The molecule has 1 unspecified atom stereocenters. The van der Waals surface area contributed by atoms with Crippen molar-refractivity contribution < 1.29 is 14.4 Å². The van der Waals surface area contributed by atoms with Crippen molar-refractivity contribution >= 4 is 17.6 Å². The van der Waals surface area contributed by atoms with Crippen LogP contribution in [0.5, 0.6) is 0 Å². The average Bonchev–Trinajstić information content (AvgIpc) is 3.27. The maximum absolute atomic E-state index is 12.0. The highest BCUT2D eigenvalue weighted by Gasteiger charge is 2.45. The quantitative estimate of drug-likeness (QED) is 0.840. The van der Waals surface area contributed by atoms with Gasteiger partial charge in [-0.3, -0.25) is 0 Å². The second-order valence-corrected chi connectivity index (χ2v) is 6.00. The molecule has 1 saturated heterocycles. The van der Waals surface area contributed by atoms with Crippen LogP contribution in [0.15, 0.2) is 24.3 Å². The third-order valence-electron chi connectivity index (χ3n) is 3.92. The van der Waals surface area contributed by atoms with E-state index >= 15 is 0 Å². The molecule has 1 aromatic rings. The fourth-order valence-electron chi connectivity index (χ4n) is 2.55. The minimum absolute atomic E-state index is 0.286. The van der Waals surface area contributed by atoms with Crippen LogP contribution in [0, 0.1) is 0 Å². The Morgan fingerprint density at radius 3 is 2.67 bits per heavy atom. The number of hydrogen-bond acceptors (Lipinski definition) is 3. The molecule has 1 heterocycles. The minimum Gasteiger partial charge on any atom is -0.350 e. The summed E-state index contributed by atoms with van der Waals surface area (Å²) in [4.78, 5) is 17.2. The Labute approximate surface area is 128 Å². The second-order valence-electron chi connectivity index (χ2n) is 5.56. The van der Waals surface area contributed by atoms with Gasteiger partial charge in [0.25, 0.3) is 0 Å². The van der Waals surface area contributed by atoms with Crippen LogP contribution in [-0.4, -0.2) is 18.9 Å². The standard InChI is InChI=1S/C15H19ClN2O3/c16-12-6-4-11(5-7-12)15(8-9-15)17-14(19)18-21-13-3-1-2-10-20-13/h4-7,13H,1-3,8-10H2,(H2,17,18,19). The lowest BCUT2D eigenvalue weighted by Crippen LogP contribution is -2.44. The second kappa shape index (κ2) is 6.22. The fourth-order valence-corrected chi connectivity index (χ4v) is 2.67. The molecule has 1 aromatic carbocycles. The SMILES string of the molecule is O=C(NOC1CCCCO1)NC1(c2ccc(Cl)cc2)CC1. The smallest absolute Gasteiger partial charge is 0.339 e. The van der Waals surface area contributed by atoms with E-state index in [1.54, 1.807) is 0 Å². The molecular formula is C15H19ClN2O3. The predicted octanol–water partition coefficient (Wildman–Crippen LogP) is 3.09. The first-order valence-electron chi connectivity index (χ1n) is 7.29. The molecule has 0 spiro atoms. The van der Waals surface area contributed by atoms with Gasteiger partial charge in [-0.15, -0.1) is 0 Å². The zero-order valence-corrected chi connectivity index (χ0v) is 12.5. The minimum atomic E-state index is -0.338. The van der Waals surface area contributed by atoms with Crippen LogP contribution >= 0.6 is 11.6 Å². The Morgan fingerprint density at radius 1 is 1.29 bits per heavy atom. The van der Waals surface area contributed by atoms with Crippen molar-refractivity contribution in [3.05, 3.63) is 34.9 Å². The van der Waals surface area contributed by atoms with Gasteiger partial charge in [-0.1, -0.05) is 23.7 Å². The van der Waals surface area contributed by atoms with Gasteiger partial charge in [-0.05, 0) is 43.4 Å². The number of hydrogen-bond donors (Lipinski definition) is 2. The van der Waals surface area contributed by atoms with Gasteiger partial charge in [-0.2, -0.15) is 0 Å². The largest absolute Gasteiger partial charge is 0.350 e. The zero-order valence-electron chi connectivity index (χ0n) is 11.7. The van der Waals surface area contributed by atoms with E-state index in [1.807, 2.05) is 24.3 Å². The number of carbonyl (C=O) groups excluding carboxylic acids is 1. The predicted molar refractivity (Wildman–Crippen MR) is 78.7 cm³/mol. The number of benzene rings is 1. The summed E-state index contributed by atoms with van der Waals surface area (Å²) >= 11 is 5.89. The van der Waals surface area contributed by atoms with Crippen molar-refractivity contribution in [2.45, 2.75) is 43.9 Å². The van der Waals surface area contributed by atoms with E-state index in [2.05, 4.69) is 10.8 Å². The molecule has 2 N–H and O–H groups in total. The first kappa shape index (κ1) is 14.6. The van der Waals surface area contributed by atoms with Gasteiger partial charge in [0, 0.05) is 18.1 Å². The van der Waals surface area contributed by atoms with Crippen molar-refractivity contribution in [2.24, 2.45) is 0 Å². The summed E-state index contributed by atoms with van der Waals surface area (Å²) in [7, 11) is 0. The molecule has 0 aromatic heterocycles. The van der Waals surface area contributed by atoms with Gasteiger partial charge in [0.15, 0.2) is 6.29 Å². The van der Waals surface area contributed by atoms with Crippen molar-refractivity contribution in [3.63, 3.8) is 0 Å². The Morgan fingerprint density at radius 2 is 2.05 bits per heavy atom. The summed E-state index contributed by atoms with van der Waals surface area (Å²) in [6.07, 6.45) is 4.41. The van der Waals surface area contributed by atoms with Crippen LogP contribution < -0.4 is 10.8 Å². The Bertz CT molecular complexity index is 496. The van der Waals surface area contributed by atoms with Crippen LogP contribution in [0.3, 0.4) is 0 Å². The Kier molecular flexibility index (Phi) is 4.33. The van der Waals surface area contributed by atoms with E-state index in [9.17, 15) is 4.79 Å². The highest BCUT2D eigenvalue weighted by atomic mass is 35.5. The molecule has 1 aliphatic carbocycles. The normalized spacial score (nSPS) is 23.4. The molecule has 0 bridgehead atoms. The van der Waals surface area contributed by atoms with E-state index < -0.39 is 0 Å². The molecule has 5 nitrogen and oxygen atoms in total. The molecular weight excluding hydrogens is 292 g/mol. The van der Waals surface area contributed by atoms with Gasteiger partial charge in [0.1, 0.15) is 0 Å². The van der Waals surface area contributed by atoms with Crippen LogP contribution in [0.2, 0.25) is 5.02 Å². The van der Waals surface area contributed by atoms with E-state index in [4.69, 9.17) is 21.2 Å². The number of carbonyl (C=O) groups is 1. The van der Waals surface area contributed by atoms with Crippen molar-refractivity contribution in [1.29, 1.82) is 0 Å². The molecule has 1 saturated carbocycles. The van der Waals surface area contributed by atoms with Gasteiger partial charge >= 0.3 is 6.03 Å².